The monoisotopic (exact) mass is 1190 g/mol. The highest BCUT2D eigenvalue weighted by Crippen LogP contribution is 2.26. The number of allylic oxidation sites excluding steroid dienone is 7. The van der Waals surface area contributed by atoms with Crippen LogP contribution in [0.5, 0.6) is 0 Å². The Labute approximate surface area is 516 Å². The number of carbonyl (C=O) groups excluding carboxylic acids is 2. The number of unbranched alkanes of at least 4 members (excludes halogenated alkanes) is 42. The van der Waals surface area contributed by atoms with Crippen LogP contribution in [-0.4, -0.2) is 99.6 Å². The van der Waals surface area contributed by atoms with Crippen LogP contribution >= 0.6 is 0 Å². The Balaban J connectivity index is 2.57. The van der Waals surface area contributed by atoms with E-state index in [1.54, 1.807) is 6.08 Å². The highest BCUT2D eigenvalue weighted by Gasteiger charge is 2.47. The molecule has 0 radical (unpaired) electrons. The minimum atomic E-state index is -1.61. The fourth-order valence-corrected chi connectivity index (χ4v) is 11.3. The molecule has 1 rings (SSSR count). The van der Waals surface area contributed by atoms with Gasteiger partial charge in [0.1, 0.15) is 24.4 Å². The van der Waals surface area contributed by atoms with Crippen LogP contribution in [0.3, 0.4) is 0 Å². The molecule has 84 heavy (non-hydrogen) atoms. The molecule has 8 atom stereocenters. The van der Waals surface area contributed by atoms with Crippen molar-refractivity contribution in [2.45, 2.75) is 391 Å². The number of hydrogen-bond donors (Lipinski definition) is 6. The van der Waals surface area contributed by atoms with Gasteiger partial charge < -0.3 is 45.1 Å². The van der Waals surface area contributed by atoms with E-state index in [9.17, 15) is 35.1 Å². The normalized spacial score (nSPS) is 18.7. The molecule has 11 nitrogen and oxygen atoms in total. The summed E-state index contributed by atoms with van der Waals surface area (Å²) in [7, 11) is 0. The lowest BCUT2D eigenvalue weighted by Gasteiger charge is -2.41. The van der Waals surface area contributed by atoms with Gasteiger partial charge in [-0.1, -0.05) is 320 Å². The number of nitrogens with one attached hydrogen (secondary N) is 1. The lowest BCUT2D eigenvalue weighted by molar-refractivity contribution is -0.305. The smallest absolute Gasteiger partial charge is 0.306 e. The molecule has 0 bridgehead atoms. The predicted molar refractivity (Wildman–Crippen MR) is 352 cm³/mol. The fourth-order valence-electron chi connectivity index (χ4n) is 11.3. The van der Waals surface area contributed by atoms with Crippen molar-refractivity contribution in [3.05, 3.63) is 48.6 Å². The van der Waals surface area contributed by atoms with Crippen LogP contribution in [0.2, 0.25) is 0 Å². The molecule has 492 valence electrons. The summed E-state index contributed by atoms with van der Waals surface area (Å²) in [6.45, 7) is 5.81. The van der Waals surface area contributed by atoms with Gasteiger partial charge in [-0.2, -0.15) is 0 Å². The number of aliphatic hydroxyl groups is 5. The van der Waals surface area contributed by atoms with Crippen LogP contribution in [0.1, 0.15) is 342 Å². The van der Waals surface area contributed by atoms with Gasteiger partial charge in [0, 0.05) is 6.42 Å². The molecule has 0 aromatic rings. The number of hydrogen-bond acceptors (Lipinski definition) is 10. The molecular weight excluding hydrogens is 1050 g/mol. The first-order valence-electron chi connectivity index (χ1n) is 35.9. The van der Waals surface area contributed by atoms with Crippen LogP contribution in [0, 0.1) is 0 Å². The summed E-state index contributed by atoms with van der Waals surface area (Å²) >= 11 is 0. The van der Waals surface area contributed by atoms with Gasteiger partial charge in [-0.3, -0.25) is 9.59 Å². The van der Waals surface area contributed by atoms with E-state index in [1.165, 1.54) is 218 Å². The summed E-state index contributed by atoms with van der Waals surface area (Å²) in [5.74, 6) is -1.18. The van der Waals surface area contributed by atoms with Crippen molar-refractivity contribution in [2.75, 3.05) is 13.2 Å². The molecule has 0 saturated carbocycles. The molecule has 1 aliphatic heterocycles. The number of rotatable bonds is 62. The number of aliphatic hydroxyl groups excluding tert-OH is 5. The third-order valence-corrected chi connectivity index (χ3v) is 17.0. The van der Waals surface area contributed by atoms with Crippen LogP contribution in [-0.2, 0) is 23.8 Å². The van der Waals surface area contributed by atoms with E-state index in [4.69, 9.17) is 14.2 Å². The average Bonchev–Trinajstić information content (AvgIpc) is 3.65. The summed E-state index contributed by atoms with van der Waals surface area (Å²) < 4.78 is 17.7. The van der Waals surface area contributed by atoms with E-state index in [0.717, 1.165) is 77.0 Å². The van der Waals surface area contributed by atoms with Gasteiger partial charge in [-0.15, -0.1) is 0 Å². The van der Waals surface area contributed by atoms with Crippen LogP contribution in [0.15, 0.2) is 48.6 Å². The minimum Gasteiger partial charge on any atom is -0.454 e. The Hall–Kier alpha value is -2.38. The van der Waals surface area contributed by atoms with Gasteiger partial charge in [0.15, 0.2) is 12.4 Å². The second kappa shape index (κ2) is 60.9. The molecule has 0 aliphatic carbocycles. The Bertz CT molecular complexity index is 1550. The third kappa shape index (κ3) is 47.7. The summed E-state index contributed by atoms with van der Waals surface area (Å²) in [5, 5.41) is 57.2. The van der Waals surface area contributed by atoms with E-state index in [1.807, 2.05) is 6.08 Å². The second-order valence-corrected chi connectivity index (χ2v) is 25.0. The molecule has 1 saturated heterocycles. The molecule has 0 aromatic heterocycles. The van der Waals surface area contributed by atoms with E-state index < -0.39 is 67.4 Å². The first kappa shape index (κ1) is 79.6. The molecule has 6 N–H and O–H groups in total. The quantitative estimate of drug-likeness (QED) is 0.0195. The zero-order valence-electron chi connectivity index (χ0n) is 54.8. The van der Waals surface area contributed by atoms with Crippen LogP contribution in [0.25, 0.3) is 0 Å². The Morgan fingerprint density at radius 1 is 0.464 bits per heavy atom. The van der Waals surface area contributed by atoms with E-state index in [-0.39, 0.29) is 13.0 Å². The fraction of sp³-hybridized carbons (Fsp3) is 0.863. The SMILES string of the molecule is CCCCC/C=C\C/C=C\C/C=C\CCCCCCCCCCCCC(=O)OC1C(OCC(NC(=O)C(O)CCCCCCCCCCCCCCCCCCCCCC)C(O)/C=C/CCCCCCCCCCCC)OC(CO)C(O)C1O. The van der Waals surface area contributed by atoms with Crippen LogP contribution in [0.4, 0.5) is 0 Å². The molecule has 8 unspecified atom stereocenters. The zero-order chi connectivity index (χ0) is 61.0. The summed E-state index contributed by atoms with van der Waals surface area (Å²) in [5.41, 5.74) is 0. The molecule has 11 heteroatoms. The lowest BCUT2D eigenvalue weighted by atomic mass is 9.99. The molecular formula is C73H135NO10. The van der Waals surface area contributed by atoms with Gasteiger partial charge in [-0.25, -0.2) is 0 Å². The van der Waals surface area contributed by atoms with Gasteiger partial charge in [0.2, 0.25) is 5.91 Å². The first-order valence-corrected chi connectivity index (χ1v) is 35.9. The maximum absolute atomic E-state index is 13.5. The topological polar surface area (TPSA) is 175 Å². The highest BCUT2D eigenvalue weighted by atomic mass is 16.7. The van der Waals surface area contributed by atoms with Gasteiger partial charge in [0.25, 0.3) is 0 Å². The van der Waals surface area contributed by atoms with Crippen molar-refractivity contribution >= 4 is 11.9 Å². The number of esters is 1. The highest BCUT2D eigenvalue weighted by molar-refractivity contribution is 5.80. The summed E-state index contributed by atoms with van der Waals surface area (Å²) in [4.78, 5) is 26.7. The van der Waals surface area contributed by atoms with E-state index in [0.29, 0.717) is 19.3 Å². The third-order valence-electron chi connectivity index (χ3n) is 17.0. The molecule has 0 spiro atoms. The van der Waals surface area contributed by atoms with Crippen molar-refractivity contribution in [2.24, 2.45) is 0 Å². The lowest BCUT2D eigenvalue weighted by Crippen LogP contribution is -2.61. The number of carbonyl (C=O) groups is 2. The van der Waals surface area contributed by atoms with E-state index >= 15 is 0 Å². The first-order chi connectivity index (χ1) is 41.2. The Kier molecular flexibility index (Phi) is 57.7. The molecule has 0 aromatic carbocycles. The number of ether oxygens (including phenoxy) is 3. The standard InChI is InChI=1S/C73H135NO10/c1-4-7-10-13-16-19-22-25-27-29-31-33-34-35-37-39-41-43-46-49-52-55-58-61-68(78)84-71-70(80)69(79)67(62-75)83-73(71)82-63-64(65(76)59-56-53-50-47-44-24-21-18-15-12-9-6-3)74-72(81)66(77)60-57-54-51-48-45-42-40-38-36-32-30-28-26-23-20-17-14-11-8-5-2/h16,19,25,27,31,33,56,59,64-67,69-71,73,75-77,79-80H,4-15,17-18,20-24,26,28-30,32,34-55,57-58,60-63H2,1-3H3,(H,74,81)/b19-16-,27-25-,33-31-,59-56+. The maximum Gasteiger partial charge on any atom is 0.306 e. The zero-order valence-corrected chi connectivity index (χ0v) is 54.8. The van der Waals surface area contributed by atoms with Gasteiger partial charge >= 0.3 is 5.97 Å². The Morgan fingerprint density at radius 3 is 1.25 bits per heavy atom. The van der Waals surface area contributed by atoms with E-state index in [2.05, 4.69) is 62.5 Å². The Morgan fingerprint density at radius 2 is 0.821 bits per heavy atom. The summed E-state index contributed by atoms with van der Waals surface area (Å²) in [6.07, 6.45) is 65.8. The largest absolute Gasteiger partial charge is 0.454 e. The van der Waals surface area contributed by atoms with Crippen molar-refractivity contribution in [1.82, 2.24) is 5.32 Å². The predicted octanol–water partition coefficient (Wildman–Crippen LogP) is 18.3. The van der Waals surface area contributed by atoms with Crippen molar-refractivity contribution in [1.29, 1.82) is 0 Å². The molecule has 1 fully saturated rings. The molecule has 1 amide bonds. The maximum atomic E-state index is 13.5. The van der Waals surface area contributed by atoms with Crippen LogP contribution < -0.4 is 5.32 Å². The molecule has 1 heterocycles. The second-order valence-electron chi connectivity index (χ2n) is 25.0. The van der Waals surface area contributed by atoms with Crippen molar-refractivity contribution in [3.8, 4) is 0 Å². The van der Waals surface area contributed by atoms with Gasteiger partial charge in [-0.05, 0) is 64.2 Å². The van der Waals surface area contributed by atoms with Crippen molar-refractivity contribution in [3.63, 3.8) is 0 Å². The minimum absolute atomic E-state index is 0.120. The average molecular weight is 1190 g/mol. The number of amides is 1. The summed E-state index contributed by atoms with van der Waals surface area (Å²) in [6, 6.07) is -1.02. The van der Waals surface area contributed by atoms with Gasteiger partial charge in [0.05, 0.1) is 25.4 Å². The molecule has 1 aliphatic rings. The van der Waals surface area contributed by atoms with Crippen molar-refractivity contribution < 1.29 is 49.3 Å².